The molecule has 0 saturated carbocycles. The van der Waals surface area contributed by atoms with Gasteiger partial charge < -0.3 is 16.8 Å². The number of hydrogen-bond acceptors (Lipinski definition) is 0. The van der Waals surface area contributed by atoms with Crippen molar-refractivity contribution < 1.29 is 27.9 Å². The molecule has 63 valence electrons. The van der Waals surface area contributed by atoms with Crippen LogP contribution >= 0.6 is 30.3 Å². The summed E-state index contributed by atoms with van der Waals surface area (Å²) in [6.07, 6.45) is 0. The molecule has 1 nitrogen and oxygen atoms in total. The van der Waals surface area contributed by atoms with Gasteiger partial charge in [-0.25, -0.2) is 0 Å². The van der Waals surface area contributed by atoms with E-state index in [9.17, 15) is 0 Å². The first kappa shape index (κ1) is 16.9. The summed E-state index contributed by atoms with van der Waals surface area (Å²) in [5.74, 6) is 0. The van der Waals surface area contributed by atoms with E-state index in [1.54, 1.807) is 0 Å². The zero-order valence-corrected chi connectivity index (χ0v) is 9.40. The summed E-state index contributed by atoms with van der Waals surface area (Å²) in [5, 5.41) is 0. The van der Waals surface area contributed by atoms with Gasteiger partial charge in [0, 0.05) is 0 Å². The van der Waals surface area contributed by atoms with Gasteiger partial charge in [-0.05, 0) is 0 Å². The Bertz CT molecular complexity index is 31.3. The zero-order valence-electron chi connectivity index (χ0n) is 5.27. The Hall–Kier alpha value is 1.64. The first-order chi connectivity index (χ1) is 3.46. The van der Waals surface area contributed by atoms with Crippen LogP contribution in [0.4, 0.5) is 0 Å². The molecule has 0 aliphatic carbocycles. The summed E-state index contributed by atoms with van der Waals surface area (Å²) < 4.78 is 2.58. The summed E-state index contributed by atoms with van der Waals surface area (Å²) in [4.78, 5) is 0. The molecule has 0 bridgehead atoms. The molecular formula is C3H9Cl4FeO. The quantitative estimate of drug-likeness (QED) is 0.407. The molecule has 9 heavy (non-hydrogen) atoms. The molecule has 0 spiro atoms. The van der Waals surface area contributed by atoms with Crippen LogP contribution in [-0.4, -0.2) is 21.3 Å². The van der Waals surface area contributed by atoms with Gasteiger partial charge in [-0.1, -0.05) is 0 Å². The van der Waals surface area contributed by atoms with Crippen molar-refractivity contribution in [3.8, 4) is 0 Å². The molecule has 0 N–H and O–H groups in total. The average molecular weight is 259 g/mol. The normalized spacial score (nSPS) is 9.00. The number of rotatable bonds is 0. The fourth-order valence-corrected chi connectivity index (χ4v) is 0. The fraction of sp³-hybridized carbons (Fsp3) is 1.00. The van der Waals surface area contributed by atoms with Crippen molar-refractivity contribution in [1.82, 2.24) is 0 Å². The second kappa shape index (κ2) is 12.3. The van der Waals surface area contributed by atoms with E-state index >= 15 is 0 Å². The molecule has 0 rings (SSSR count). The van der Waals surface area contributed by atoms with Crippen LogP contribution < -0.4 is 12.4 Å². The Balaban J connectivity index is -0.0000000720. The molecule has 0 heterocycles. The van der Waals surface area contributed by atoms with Gasteiger partial charge in [-0.15, -0.1) is 0 Å². The molecule has 0 aliphatic rings. The Labute approximate surface area is 79.3 Å². The molecule has 0 aromatic heterocycles. The van der Waals surface area contributed by atoms with E-state index in [0.717, 1.165) is 0 Å². The van der Waals surface area contributed by atoms with Gasteiger partial charge in [0.2, 0.25) is 0 Å². The molecule has 0 aromatic carbocycles. The van der Waals surface area contributed by atoms with Crippen molar-refractivity contribution in [2.24, 2.45) is 0 Å². The minimum atomic E-state index is -1.33. The van der Waals surface area contributed by atoms with Gasteiger partial charge in [0.25, 0.3) is 0 Å². The topological polar surface area (TPSA) is 2.70 Å². The summed E-state index contributed by atoms with van der Waals surface area (Å²) >= 11 is -1.33. The summed E-state index contributed by atoms with van der Waals surface area (Å²) in [5.41, 5.74) is 0. The second-order valence-corrected chi connectivity index (χ2v) is 6.85. The Morgan fingerprint density at radius 1 is 1.00 bits per heavy atom. The van der Waals surface area contributed by atoms with Crippen LogP contribution in [0, 0.1) is 0 Å². The van der Waals surface area contributed by atoms with Crippen molar-refractivity contribution in [3.63, 3.8) is 0 Å². The fourth-order valence-electron chi connectivity index (χ4n) is 0. The van der Waals surface area contributed by atoms with Gasteiger partial charge in [0.15, 0.2) is 0 Å². The third-order valence-electron chi connectivity index (χ3n) is 0. The minimum absolute atomic E-state index is 0. The Kier molecular flexibility index (Phi) is 23.2. The van der Waals surface area contributed by atoms with E-state index in [1.807, 2.05) is 21.3 Å². The van der Waals surface area contributed by atoms with Crippen molar-refractivity contribution in [3.05, 3.63) is 0 Å². The van der Waals surface area contributed by atoms with Crippen molar-refractivity contribution in [2.45, 2.75) is 0 Å². The molecule has 0 aromatic rings. The van der Waals surface area contributed by atoms with Crippen molar-refractivity contribution in [2.75, 3.05) is 21.3 Å². The molecular weight excluding hydrogens is 250 g/mol. The molecule has 0 saturated heterocycles. The molecule has 6 heteroatoms. The zero-order chi connectivity index (χ0) is 7.15. The van der Waals surface area contributed by atoms with Crippen LogP contribution in [-0.2, 0) is 15.5 Å². The predicted molar refractivity (Wildman–Crippen MR) is 36.4 cm³/mol. The first-order valence-electron chi connectivity index (χ1n) is 1.63. The van der Waals surface area contributed by atoms with Crippen LogP contribution in [0.3, 0.4) is 0 Å². The van der Waals surface area contributed by atoms with E-state index in [0.29, 0.717) is 0 Å². The SMILES string of the molecule is C[O+](C)C.[Cl-].[Cl][Fe]([Cl])[Cl]. The van der Waals surface area contributed by atoms with Crippen molar-refractivity contribution >= 4 is 30.3 Å². The second-order valence-electron chi connectivity index (χ2n) is 1.38. The maximum absolute atomic E-state index is 4.89. The first-order valence-corrected chi connectivity index (χ1v) is 6.18. The van der Waals surface area contributed by atoms with Crippen molar-refractivity contribution in [1.29, 1.82) is 0 Å². The van der Waals surface area contributed by atoms with E-state index in [4.69, 9.17) is 30.3 Å². The van der Waals surface area contributed by atoms with Gasteiger partial charge in [0.05, 0.1) is 0 Å². The van der Waals surface area contributed by atoms with Gasteiger partial charge in [0.1, 0.15) is 21.3 Å². The monoisotopic (exact) mass is 257 g/mol. The van der Waals surface area contributed by atoms with Crippen LogP contribution in [0.15, 0.2) is 0 Å². The van der Waals surface area contributed by atoms with Crippen LogP contribution in [0.2, 0.25) is 0 Å². The third-order valence-corrected chi connectivity index (χ3v) is 0. The third kappa shape index (κ3) is 209. The van der Waals surface area contributed by atoms with Crippen LogP contribution in [0.25, 0.3) is 0 Å². The van der Waals surface area contributed by atoms with Gasteiger partial charge in [-0.3, -0.25) is 0 Å². The molecule has 0 amide bonds. The van der Waals surface area contributed by atoms with Crippen LogP contribution in [0.1, 0.15) is 0 Å². The van der Waals surface area contributed by atoms with E-state index in [-0.39, 0.29) is 12.4 Å². The molecule has 0 unspecified atom stereocenters. The predicted octanol–water partition coefficient (Wildman–Crippen LogP) is -0.502. The van der Waals surface area contributed by atoms with E-state index in [2.05, 4.69) is 4.37 Å². The number of halogens is 4. The summed E-state index contributed by atoms with van der Waals surface area (Å²) in [6.45, 7) is 0. The molecule has 0 fully saturated rings. The van der Waals surface area contributed by atoms with E-state index < -0.39 is 11.2 Å². The van der Waals surface area contributed by atoms with E-state index in [1.165, 1.54) is 0 Å². The molecule has 0 atom stereocenters. The van der Waals surface area contributed by atoms with Crippen LogP contribution in [0.5, 0.6) is 0 Å². The Morgan fingerprint density at radius 2 is 1.00 bits per heavy atom. The standard InChI is InChI=1S/C3H9O.4ClH.Fe/c1-4(2)3;;;;;/h1-3H3;4*1H;/q+1;;;;;+3/p-4. The van der Waals surface area contributed by atoms with Gasteiger partial charge in [-0.2, -0.15) is 0 Å². The van der Waals surface area contributed by atoms with Gasteiger partial charge >= 0.3 is 41.5 Å². The summed E-state index contributed by atoms with van der Waals surface area (Å²) in [6, 6.07) is 0. The maximum atomic E-state index is 4.89. The summed E-state index contributed by atoms with van der Waals surface area (Å²) in [7, 11) is 20.4. The average Bonchev–Trinajstić information content (AvgIpc) is 1.25. The molecule has 0 aliphatic heterocycles. The number of hydrogen-bond donors (Lipinski definition) is 0. The Morgan fingerprint density at radius 3 is 1.00 bits per heavy atom. The molecule has 0 radical (unpaired) electrons.